The highest BCUT2D eigenvalue weighted by molar-refractivity contribution is 7.84. The van der Waals surface area contributed by atoms with Gasteiger partial charge in [0.25, 0.3) is 0 Å². The van der Waals surface area contributed by atoms with Crippen molar-refractivity contribution in [2.24, 2.45) is 0 Å². The van der Waals surface area contributed by atoms with Gasteiger partial charge in [0.2, 0.25) is 0 Å². The summed E-state index contributed by atoms with van der Waals surface area (Å²) in [5.74, 6) is 0.0802. The molecule has 5 nitrogen and oxygen atoms in total. The first-order valence-electron chi connectivity index (χ1n) is 6.34. The van der Waals surface area contributed by atoms with Crippen LogP contribution >= 0.6 is 0 Å². The molecule has 0 bridgehead atoms. The molecule has 1 atom stereocenters. The van der Waals surface area contributed by atoms with E-state index in [1.807, 2.05) is 6.07 Å². The van der Waals surface area contributed by atoms with Gasteiger partial charge in [-0.1, -0.05) is 18.2 Å². The quantitative estimate of drug-likeness (QED) is 0.764. The summed E-state index contributed by atoms with van der Waals surface area (Å²) >= 11 is 0. The summed E-state index contributed by atoms with van der Waals surface area (Å²) in [4.78, 5) is 11.3. The molecule has 0 fully saturated rings. The first-order chi connectivity index (χ1) is 9.59. The molecule has 0 aliphatic rings. The van der Waals surface area contributed by atoms with Crippen molar-refractivity contribution in [2.45, 2.75) is 13.0 Å². The molecule has 0 aliphatic carbocycles. The lowest BCUT2D eigenvalue weighted by Crippen LogP contribution is -2.17. The number of hydrogen-bond donors (Lipinski definition) is 2. The highest BCUT2D eigenvalue weighted by Gasteiger charge is 2.19. The van der Waals surface area contributed by atoms with Gasteiger partial charge in [-0.3, -0.25) is 4.21 Å². The second kappa shape index (κ2) is 6.67. The van der Waals surface area contributed by atoms with Gasteiger partial charge in [-0.25, -0.2) is 4.79 Å². The lowest BCUT2D eigenvalue weighted by Gasteiger charge is -2.02. The fourth-order valence-corrected chi connectivity index (χ4v) is 2.61. The molecule has 1 aromatic heterocycles. The second-order valence-corrected chi connectivity index (χ2v) is 6.06. The van der Waals surface area contributed by atoms with Gasteiger partial charge in [0.1, 0.15) is 16.9 Å². The number of rotatable bonds is 7. The Morgan fingerprint density at radius 2 is 2.15 bits per heavy atom. The van der Waals surface area contributed by atoms with E-state index in [-0.39, 0.29) is 5.56 Å². The highest BCUT2D eigenvalue weighted by Crippen LogP contribution is 2.25. The van der Waals surface area contributed by atoms with E-state index in [9.17, 15) is 14.1 Å². The minimum absolute atomic E-state index is 0.215. The van der Waals surface area contributed by atoms with Crippen molar-refractivity contribution >= 4 is 27.7 Å². The van der Waals surface area contributed by atoms with Crippen LogP contribution in [0.1, 0.15) is 22.5 Å². The Labute approximate surface area is 119 Å². The fraction of sp³-hybridized carbons (Fsp3) is 0.357. The summed E-state index contributed by atoms with van der Waals surface area (Å²) < 4.78 is 16.5. The topological polar surface area (TPSA) is 79.5 Å². The largest absolute Gasteiger partial charge is 0.478 e. The number of para-hydroxylation sites is 1. The minimum atomic E-state index is -0.985. The molecule has 0 saturated heterocycles. The summed E-state index contributed by atoms with van der Waals surface area (Å²) in [7, 11) is -0.795. The number of fused-ring (bicyclic) bond motifs is 1. The van der Waals surface area contributed by atoms with E-state index in [0.717, 1.165) is 6.42 Å². The zero-order valence-corrected chi connectivity index (χ0v) is 12.0. The van der Waals surface area contributed by atoms with E-state index in [1.54, 1.807) is 24.5 Å². The smallest absolute Gasteiger partial charge is 0.339 e. The predicted octanol–water partition coefficient (Wildman–Crippen LogP) is 1.99. The molecule has 0 aliphatic heterocycles. The van der Waals surface area contributed by atoms with Crippen molar-refractivity contribution in [3.05, 3.63) is 35.6 Å². The number of carboxylic acids is 1. The monoisotopic (exact) mass is 295 g/mol. The molecular formula is C14H17NO4S. The summed E-state index contributed by atoms with van der Waals surface area (Å²) in [5.41, 5.74) is 0.795. The maximum Gasteiger partial charge on any atom is 0.339 e. The summed E-state index contributed by atoms with van der Waals surface area (Å²) in [6.45, 7) is 1.03. The Hall–Kier alpha value is -1.66. The Balaban J connectivity index is 2.07. The van der Waals surface area contributed by atoms with Crippen molar-refractivity contribution in [1.29, 1.82) is 0 Å². The lowest BCUT2D eigenvalue weighted by molar-refractivity contribution is 0.0696. The lowest BCUT2D eigenvalue weighted by atomic mass is 10.1. The van der Waals surface area contributed by atoms with E-state index in [2.05, 4.69) is 5.32 Å². The molecule has 2 rings (SSSR count). The zero-order valence-electron chi connectivity index (χ0n) is 11.2. The Bertz CT molecular complexity index is 635. The first kappa shape index (κ1) is 14.7. The molecule has 2 aromatic rings. The number of furan rings is 1. The molecule has 0 saturated carbocycles. The third-order valence-electron chi connectivity index (χ3n) is 2.95. The van der Waals surface area contributed by atoms with Gasteiger partial charge < -0.3 is 14.8 Å². The van der Waals surface area contributed by atoms with Crippen LogP contribution in [-0.4, -0.2) is 33.8 Å². The third kappa shape index (κ3) is 3.46. The molecule has 0 spiro atoms. The molecule has 2 N–H and O–H groups in total. The molecular weight excluding hydrogens is 278 g/mol. The molecule has 1 unspecified atom stereocenters. The van der Waals surface area contributed by atoms with Crippen LogP contribution in [0.25, 0.3) is 11.0 Å². The normalized spacial score (nSPS) is 12.7. The average molecular weight is 295 g/mol. The summed E-state index contributed by atoms with van der Waals surface area (Å²) in [5, 5.41) is 13.0. The Kier molecular flexibility index (Phi) is 4.92. The number of carbonyl (C=O) groups is 1. The Morgan fingerprint density at radius 3 is 2.85 bits per heavy atom. The van der Waals surface area contributed by atoms with Crippen molar-refractivity contribution < 1.29 is 18.5 Å². The van der Waals surface area contributed by atoms with Gasteiger partial charge in [-0.05, 0) is 19.0 Å². The molecule has 6 heteroatoms. The average Bonchev–Trinajstić information content (AvgIpc) is 2.76. The predicted molar refractivity (Wildman–Crippen MR) is 78.4 cm³/mol. The van der Waals surface area contributed by atoms with Crippen molar-refractivity contribution in [3.63, 3.8) is 0 Å². The molecule has 1 aromatic carbocycles. The standard InChI is InChI=1S/C14H17NO4S/c1-20(18)8-4-7-15-9-12-13(14(16)17)10-5-2-3-6-11(10)19-12/h2-3,5-6,15H,4,7-9H2,1H3,(H,16,17). The van der Waals surface area contributed by atoms with Crippen LogP contribution in [0.15, 0.2) is 28.7 Å². The van der Waals surface area contributed by atoms with E-state index in [1.165, 1.54) is 0 Å². The van der Waals surface area contributed by atoms with Gasteiger partial charge in [-0.15, -0.1) is 0 Å². The Morgan fingerprint density at radius 1 is 1.40 bits per heavy atom. The number of benzene rings is 1. The van der Waals surface area contributed by atoms with Gasteiger partial charge >= 0.3 is 5.97 Å². The van der Waals surface area contributed by atoms with Crippen LogP contribution in [0, 0.1) is 0 Å². The van der Waals surface area contributed by atoms with Gasteiger partial charge in [0.15, 0.2) is 0 Å². The maximum absolute atomic E-state index is 11.3. The van der Waals surface area contributed by atoms with E-state index in [0.29, 0.717) is 35.6 Å². The van der Waals surface area contributed by atoms with Crippen LogP contribution in [0.4, 0.5) is 0 Å². The second-order valence-electron chi connectivity index (χ2n) is 4.51. The van der Waals surface area contributed by atoms with Crippen LogP contribution in [0.5, 0.6) is 0 Å². The fourth-order valence-electron chi connectivity index (χ4n) is 2.06. The van der Waals surface area contributed by atoms with E-state index >= 15 is 0 Å². The third-order valence-corrected chi connectivity index (χ3v) is 3.82. The van der Waals surface area contributed by atoms with Gasteiger partial charge in [0, 0.05) is 28.2 Å². The van der Waals surface area contributed by atoms with Crippen molar-refractivity contribution in [1.82, 2.24) is 5.32 Å². The SMILES string of the molecule is CS(=O)CCCNCc1oc2ccccc2c1C(=O)O. The van der Waals surface area contributed by atoms with Crippen LogP contribution in [-0.2, 0) is 17.3 Å². The number of nitrogens with one attached hydrogen (secondary N) is 1. The number of carboxylic acid groups (broad SMARTS) is 1. The van der Waals surface area contributed by atoms with Crippen LogP contribution in [0.2, 0.25) is 0 Å². The highest BCUT2D eigenvalue weighted by atomic mass is 32.2. The molecule has 108 valence electrons. The van der Waals surface area contributed by atoms with E-state index < -0.39 is 16.8 Å². The van der Waals surface area contributed by atoms with Crippen molar-refractivity contribution in [2.75, 3.05) is 18.6 Å². The minimum Gasteiger partial charge on any atom is -0.478 e. The number of hydrogen-bond acceptors (Lipinski definition) is 4. The molecule has 20 heavy (non-hydrogen) atoms. The molecule has 1 heterocycles. The van der Waals surface area contributed by atoms with E-state index in [4.69, 9.17) is 4.42 Å². The zero-order chi connectivity index (χ0) is 14.5. The van der Waals surface area contributed by atoms with Crippen molar-refractivity contribution in [3.8, 4) is 0 Å². The summed E-state index contributed by atoms with van der Waals surface area (Å²) in [6.07, 6.45) is 2.45. The molecule has 0 radical (unpaired) electrons. The van der Waals surface area contributed by atoms with Crippen LogP contribution < -0.4 is 5.32 Å². The number of aromatic carboxylic acids is 1. The maximum atomic E-state index is 11.3. The molecule has 0 amide bonds. The summed E-state index contributed by atoms with van der Waals surface area (Å²) in [6, 6.07) is 7.10. The van der Waals surface area contributed by atoms with Gasteiger partial charge in [0.05, 0.1) is 6.54 Å². The van der Waals surface area contributed by atoms with Crippen LogP contribution in [0.3, 0.4) is 0 Å². The first-order valence-corrected chi connectivity index (χ1v) is 8.06. The van der Waals surface area contributed by atoms with Gasteiger partial charge in [-0.2, -0.15) is 0 Å².